The van der Waals surface area contributed by atoms with Gasteiger partial charge in [0.25, 0.3) is 0 Å². The summed E-state index contributed by atoms with van der Waals surface area (Å²) in [5.41, 5.74) is 18.3. The monoisotopic (exact) mass is 981 g/mol. The van der Waals surface area contributed by atoms with Crippen LogP contribution in [0.1, 0.15) is 33.4 Å². The summed E-state index contributed by atoms with van der Waals surface area (Å²) in [6.07, 6.45) is 3.87. The fourth-order valence-electron chi connectivity index (χ4n) is 9.83. The molecule has 7 aromatic carbocycles. The van der Waals surface area contributed by atoms with Gasteiger partial charge in [-0.2, -0.15) is 6.07 Å². The third kappa shape index (κ3) is 6.09. The number of aromatic nitrogens is 4. The number of pyridine rings is 2. The minimum Gasteiger partial charge on any atom is -0.503 e. The van der Waals surface area contributed by atoms with Crippen molar-refractivity contribution >= 4 is 49.1 Å². The molecule has 5 nitrogen and oxygen atoms in total. The van der Waals surface area contributed by atoms with E-state index < -0.39 is 0 Å². The Bertz CT molecular complexity index is 3520. The molecule has 0 radical (unpaired) electrons. The molecule has 0 aliphatic carbocycles. The van der Waals surface area contributed by atoms with Crippen LogP contribution in [0.4, 0.5) is 0 Å². The van der Waals surface area contributed by atoms with Crippen molar-refractivity contribution in [3.8, 4) is 50.8 Å². The van der Waals surface area contributed by atoms with E-state index in [1.54, 1.807) is 0 Å². The number of benzene rings is 7. The minimum absolute atomic E-state index is 0. The molecule has 302 valence electrons. The molecule has 4 heterocycles. The predicted octanol–water partition coefficient (Wildman–Crippen LogP) is 14.4. The van der Waals surface area contributed by atoms with Crippen LogP contribution in [0, 0.1) is 53.7 Å². The van der Waals surface area contributed by atoms with Crippen molar-refractivity contribution in [3.05, 3.63) is 191 Å². The van der Waals surface area contributed by atoms with Gasteiger partial charge in [0.15, 0.2) is 0 Å². The number of hydrogen-bond donors (Lipinski definition) is 0. The average molecular weight is 982 g/mol. The molecule has 0 unspecified atom stereocenters. The number of fused-ring (bicyclic) bond motifs is 9. The van der Waals surface area contributed by atoms with Crippen molar-refractivity contribution < 1.29 is 25.8 Å². The Kier molecular flexibility index (Phi) is 9.69. The zero-order valence-corrected chi connectivity index (χ0v) is 37.6. The van der Waals surface area contributed by atoms with Gasteiger partial charge in [-0.15, -0.1) is 29.7 Å². The molecule has 0 amide bonds. The van der Waals surface area contributed by atoms with Crippen LogP contribution in [0.25, 0.3) is 88.5 Å². The second kappa shape index (κ2) is 15.3. The van der Waals surface area contributed by atoms with E-state index >= 15 is 0 Å². The number of rotatable bonds is 6. The van der Waals surface area contributed by atoms with E-state index in [2.05, 4.69) is 166 Å². The topological polar surface area (TPSA) is 44.3 Å². The van der Waals surface area contributed by atoms with Crippen molar-refractivity contribution in [2.75, 3.05) is 0 Å². The fourth-order valence-corrected chi connectivity index (χ4v) is 9.83. The number of ether oxygens (including phenoxy) is 1. The van der Waals surface area contributed by atoms with E-state index in [9.17, 15) is 0 Å². The normalized spacial score (nSPS) is 11.6. The van der Waals surface area contributed by atoms with E-state index in [1.165, 1.54) is 61.2 Å². The summed E-state index contributed by atoms with van der Waals surface area (Å²) in [4.78, 5) is 10.0. The van der Waals surface area contributed by atoms with Crippen LogP contribution in [0.2, 0.25) is 0 Å². The molecule has 0 aliphatic rings. The molecule has 6 heteroatoms. The second-order valence-corrected chi connectivity index (χ2v) is 16.3. The first-order valence-electron chi connectivity index (χ1n) is 20.8. The van der Waals surface area contributed by atoms with Gasteiger partial charge in [0.1, 0.15) is 5.82 Å². The maximum Gasteiger partial charge on any atom is 2.00 e. The number of imidazole rings is 1. The van der Waals surface area contributed by atoms with Gasteiger partial charge < -0.3 is 13.7 Å². The molecule has 0 N–H and O–H groups in total. The third-order valence-electron chi connectivity index (χ3n) is 12.5. The summed E-state index contributed by atoms with van der Waals surface area (Å²) >= 11 is 0. The van der Waals surface area contributed by atoms with Crippen LogP contribution in [0.3, 0.4) is 0 Å². The van der Waals surface area contributed by atoms with E-state index in [0.717, 1.165) is 60.6 Å². The SMILES string of the molecule is Cc1cccc(C)c1-c1ccc(-c2c(C)cccc2C)c2c1c1ccc(Oc3[c-]c4c(cc3)c3ccccc3n4-c3ccccn3)[c-]c1c1ncc(-c3c(C)cccc3C)n12.[Pt+2]. The number of para-hydroxylation sites is 1. The van der Waals surface area contributed by atoms with Crippen molar-refractivity contribution in [1.29, 1.82) is 0 Å². The van der Waals surface area contributed by atoms with Gasteiger partial charge in [-0.3, -0.25) is 4.98 Å². The first kappa shape index (κ1) is 39.3. The molecule has 0 saturated carbocycles. The molecular weight excluding hydrogens is 940 g/mol. The summed E-state index contributed by atoms with van der Waals surface area (Å²) in [6, 6.07) is 54.5. The Morgan fingerprint density at radius 1 is 0.500 bits per heavy atom. The van der Waals surface area contributed by atoms with Crippen LogP contribution < -0.4 is 4.74 Å². The van der Waals surface area contributed by atoms with Crippen molar-refractivity contribution in [2.24, 2.45) is 0 Å². The van der Waals surface area contributed by atoms with E-state index in [1.807, 2.05) is 42.7 Å². The smallest absolute Gasteiger partial charge is 0.503 e. The van der Waals surface area contributed by atoms with E-state index in [-0.39, 0.29) is 21.1 Å². The van der Waals surface area contributed by atoms with Crippen LogP contribution in [-0.2, 0) is 21.1 Å². The largest absolute Gasteiger partial charge is 2.00 e. The van der Waals surface area contributed by atoms with Gasteiger partial charge in [-0.05, 0) is 121 Å². The second-order valence-electron chi connectivity index (χ2n) is 16.3. The van der Waals surface area contributed by atoms with Gasteiger partial charge in [0, 0.05) is 46.1 Å². The van der Waals surface area contributed by atoms with Gasteiger partial charge >= 0.3 is 21.1 Å². The standard InChI is InChI=1S/C56H42N4O.Pt/c1-33-14-11-15-34(2)51(33)44-27-28-45(52-35(3)16-12-17-36(52)4)55-54(44)43-26-24-39(30-46(43)56-58-32-49(60(55)56)53-37(5)18-13-19-38(53)6)61-40-23-25-42-41-20-7-8-21-47(41)59(48(42)31-40)50-22-9-10-29-57-50;/h7-29,32H,1-6H3;/q-2;+2. The number of nitrogens with zero attached hydrogens (tertiary/aromatic N) is 4. The maximum absolute atomic E-state index is 6.77. The zero-order chi connectivity index (χ0) is 41.5. The third-order valence-corrected chi connectivity index (χ3v) is 12.5. The summed E-state index contributed by atoms with van der Waals surface area (Å²) in [7, 11) is 0. The van der Waals surface area contributed by atoms with Gasteiger partial charge in [-0.25, -0.2) is 4.98 Å². The molecule has 11 rings (SSSR count). The van der Waals surface area contributed by atoms with Crippen molar-refractivity contribution in [1.82, 2.24) is 18.9 Å². The molecule has 4 aromatic heterocycles. The van der Waals surface area contributed by atoms with Crippen molar-refractivity contribution in [2.45, 2.75) is 41.5 Å². The predicted molar refractivity (Wildman–Crippen MR) is 251 cm³/mol. The Labute approximate surface area is 375 Å². The molecule has 0 fully saturated rings. The van der Waals surface area contributed by atoms with Gasteiger partial charge in [0.05, 0.1) is 11.3 Å². The summed E-state index contributed by atoms with van der Waals surface area (Å²) in [5, 5.41) is 5.32. The zero-order valence-electron chi connectivity index (χ0n) is 35.4. The Morgan fingerprint density at radius 3 is 1.74 bits per heavy atom. The fraction of sp³-hybridized carbons (Fsp3) is 0.107. The van der Waals surface area contributed by atoms with Crippen LogP contribution >= 0.6 is 0 Å². The molecule has 62 heavy (non-hydrogen) atoms. The number of hydrogen-bond acceptors (Lipinski definition) is 3. The Balaban J connectivity index is 0.00000458. The summed E-state index contributed by atoms with van der Waals surface area (Å²) < 4.78 is 11.3. The van der Waals surface area contributed by atoms with Crippen LogP contribution in [0.15, 0.2) is 146 Å². The minimum atomic E-state index is 0. The molecular formula is C56H42N4OPt. The Hall–Kier alpha value is -6.81. The van der Waals surface area contributed by atoms with E-state index in [0.29, 0.717) is 11.5 Å². The summed E-state index contributed by atoms with van der Waals surface area (Å²) in [6.45, 7) is 13.2. The van der Waals surface area contributed by atoms with E-state index in [4.69, 9.17) is 14.7 Å². The molecule has 0 bridgehead atoms. The number of aryl methyl sites for hydroxylation is 6. The first-order chi connectivity index (χ1) is 29.8. The van der Waals surface area contributed by atoms with Crippen LogP contribution in [-0.4, -0.2) is 18.9 Å². The first-order valence-corrected chi connectivity index (χ1v) is 20.8. The van der Waals surface area contributed by atoms with Crippen molar-refractivity contribution in [3.63, 3.8) is 0 Å². The van der Waals surface area contributed by atoms with Gasteiger partial charge in [0.2, 0.25) is 0 Å². The maximum atomic E-state index is 6.77. The molecule has 0 spiro atoms. The van der Waals surface area contributed by atoms with Gasteiger partial charge in [-0.1, -0.05) is 113 Å². The van der Waals surface area contributed by atoms with Crippen LogP contribution in [0.5, 0.6) is 11.5 Å². The summed E-state index contributed by atoms with van der Waals surface area (Å²) in [5.74, 6) is 2.00. The Morgan fingerprint density at radius 2 is 1.08 bits per heavy atom. The molecule has 0 aliphatic heterocycles. The molecule has 11 aromatic rings. The molecule has 0 saturated heterocycles. The quantitative estimate of drug-likeness (QED) is 0.123. The average Bonchev–Trinajstić information content (AvgIpc) is 3.84. The molecule has 0 atom stereocenters.